The Morgan fingerprint density at radius 3 is 2.42 bits per heavy atom. The maximum atomic E-state index is 5.46. The molecule has 4 N–H and O–H groups in total. The first-order chi connectivity index (χ1) is 5.85. The number of rotatable bonds is 6. The molecular formula is C8H18N4. The Morgan fingerprint density at radius 1 is 1.25 bits per heavy atom. The average Bonchev–Trinajstić information content (AvgIpc) is 2.11. The normalized spacial score (nSPS) is 9.67. The molecule has 0 radical (unpaired) electrons. The fraction of sp³-hybridized carbons (Fsp3) is 0.875. The third-order valence-electron chi connectivity index (χ3n) is 1.62. The van der Waals surface area contributed by atoms with Crippen molar-refractivity contribution in [2.45, 2.75) is 13.3 Å². The highest BCUT2D eigenvalue weighted by atomic mass is 14.8. The van der Waals surface area contributed by atoms with Gasteiger partial charge in [-0.2, -0.15) is 0 Å². The molecule has 0 rings (SSSR count). The Hall–Kier alpha value is -0.700. The standard InChI is InChI=1S/C8H18N4/c1-2-11-7-12-4-3-8(5-9)6-10/h8H,2-6,9-10H2,1H3. The molecule has 0 heterocycles. The summed E-state index contributed by atoms with van der Waals surface area (Å²) in [6.45, 7) is 4.68. The molecule has 70 valence electrons. The van der Waals surface area contributed by atoms with Crippen LogP contribution >= 0.6 is 0 Å². The van der Waals surface area contributed by atoms with E-state index in [1.807, 2.05) is 6.92 Å². The lowest BCUT2D eigenvalue weighted by atomic mass is 10.1. The first kappa shape index (κ1) is 11.3. The molecule has 0 aromatic carbocycles. The molecule has 0 spiro atoms. The summed E-state index contributed by atoms with van der Waals surface area (Å²) in [4.78, 5) is 7.81. The quantitative estimate of drug-likeness (QED) is 0.555. The predicted octanol–water partition coefficient (Wildman–Crippen LogP) is 0.104. The highest BCUT2D eigenvalue weighted by molar-refractivity contribution is 5.40. The zero-order valence-corrected chi connectivity index (χ0v) is 7.66. The summed E-state index contributed by atoms with van der Waals surface area (Å²) < 4.78 is 0. The van der Waals surface area contributed by atoms with Gasteiger partial charge >= 0.3 is 0 Å². The molecule has 0 saturated heterocycles. The van der Waals surface area contributed by atoms with E-state index < -0.39 is 0 Å². The van der Waals surface area contributed by atoms with Crippen LogP contribution in [0.4, 0.5) is 0 Å². The molecule has 0 aromatic heterocycles. The highest BCUT2D eigenvalue weighted by Crippen LogP contribution is 1.97. The van der Waals surface area contributed by atoms with E-state index in [1.54, 1.807) is 0 Å². The SMILES string of the molecule is CCN=C=NCCC(CN)CN. The molecule has 4 nitrogen and oxygen atoms in total. The summed E-state index contributed by atoms with van der Waals surface area (Å²) >= 11 is 0. The number of hydrogen-bond acceptors (Lipinski definition) is 4. The number of nitrogens with two attached hydrogens (primary N) is 2. The van der Waals surface area contributed by atoms with Gasteiger partial charge in [0, 0.05) is 6.54 Å². The van der Waals surface area contributed by atoms with Crippen LogP contribution < -0.4 is 11.5 Å². The Bertz CT molecular complexity index is 145. The van der Waals surface area contributed by atoms with Gasteiger partial charge in [0.1, 0.15) is 0 Å². The van der Waals surface area contributed by atoms with Gasteiger partial charge in [-0.05, 0) is 32.4 Å². The molecule has 0 unspecified atom stereocenters. The maximum absolute atomic E-state index is 5.46. The van der Waals surface area contributed by atoms with E-state index in [-0.39, 0.29) is 0 Å². The molecule has 0 fully saturated rings. The van der Waals surface area contributed by atoms with Crippen molar-refractivity contribution in [3.8, 4) is 0 Å². The second kappa shape index (κ2) is 8.40. The van der Waals surface area contributed by atoms with Crippen molar-refractivity contribution in [1.82, 2.24) is 0 Å². The first-order valence-corrected chi connectivity index (χ1v) is 4.33. The molecule has 4 heteroatoms. The van der Waals surface area contributed by atoms with Crippen LogP contribution in [0.25, 0.3) is 0 Å². The van der Waals surface area contributed by atoms with Crippen LogP contribution in [0.15, 0.2) is 9.98 Å². The van der Waals surface area contributed by atoms with E-state index >= 15 is 0 Å². The largest absolute Gasteiger partial charge is 0.330 e. The van der Waals surface area contributed by atoms with E-state index in [0.717, 1.165) is 19.5 Å². The Balaban J connectivity index is 3.46. The van der Waals surface area contributed by atoms with Crippen molar-refractivity contribution >= 4 is 6.01 Å². The Morgan fingerprint density at radius 2 is 1.92 bits per heavy atom. The van der Waals surface area contributed by atoms with Crippen LogP contribution in [0.2, 0.25) is 0 Å². The molecule has 0 aliphatic carbocycles. The van der Waals surface area contributed by atoms with E-state index in [2.05, 4.69) is 16.0 Å². The lowest BCUT2D eigenvalue weighted by molar-refractivity contribution is 0.516. The second-order valence-electron chi connectivity index (χ2n) is 2.58. The summed E-state index contributed by atoms with van der Waals surface area (Å²) in [5, 5.41) is 0. The maximum Gasteiger partial charge on any atom is 0.0892 e. The van der Waals surface area contributed by atoms with Gasteiger partial charge in [0.15, 0.2) is 0 Å². The minimum Gasteiger partial charge on any atom is -0.330 e. The summed E-state index contributed by atoms with van der Waals surface area (Å²) in [6.07, 6.45) is 0.930. The van der Waals surface area contributed by atoms with Crippen molar-refractivity contribution < 1.29 is 0 Å². The molecule has 0 aliphatic rings. The van der Waals surface area contributed by atoms with Gasteiger partial charge < -0.3 is 11.5 Å². The molecule has 0 saturated carbocycles. The van der Waals surface area contributed by atoms with E-state index in [9.17, 15) is 0 Å². The van der Waals surface area contributed by atoms with E-state index in [0.29, 0.717) is 19.0 Å². The zero-order chi connectivity index (χ0) is 9.23. The Kier molecular flexibility index (Phi) is 7.91. The fourth-order valence-corrected chi connectivity index (χ4v) is 0.750. The van der Waals surface area contributed by atoms with Crippen molar-refractivity contribution in [3.05, 3.63) is 0 Å². The predicted molar refractivity (Wildman–Crippen MR) is 51.5 cm³/mol. The molecule has 0 bridgehead atoms. The number of aliphatic imine (C=N–C) groups is 2. The lowest BCUT2D eigenvalue weighted by Crippen LogP contribution is -2.23. The number of nitrogens with zero attached hydrogens (tertiary/aromatic N) is 2. The van der Waals surface area contributed by atoms with Crippen molar-refractivity contribution in [2.24, 2.45) is 27.4 Å². The smallest absolute Gasteiger partial charge is 0.0892 e. The number of hydrogen-bond donors (Lipinski definition) is 2. The molecule has 0 amide bonds. The summed E-state index contributed by atoms with van der Waals surface area (Å²) in [5.74, 6) is 0.386. The molecule has 0 atom stereocenters. The molecular weight excluding hydrogens is 152 g/mol. The van der Waals surface area contributed by atoms with Crippen LogP contribution in [-0.4, -0.2) is 32.2 Å². The van der Waals surface area contributed by atoms with Gasteiger partial charge in [-0.15, -0.1) is 0 Å². The second-order valence-corrected chi connectivity index (χ2v) is 2.58. The van der Waals surface area contributed by atoms with Crippen molar-refractivity contribution in [1.29, 1.82) is 0 Å². The van der Waals surface area contributed by atoms with Crippen molar-refractivity contribution in [3.63, 3.8) is 0 Å². The van der Waals surface area contributed by atoms with Gasteiger partial charge in [-0.25, -0.2) is 9.98 Å². The summed E-state index contributed by atoms with van der Waals surface area (Å²) in [5.41, 5.74) is 10.9. The third kappa shape index (κ3) is 6.04. The van der Waals surface area contributed by atoms with Gasteiger partial charge in [0.05, 0.1) is 12.6 Å². The summed E-state index contributed by atoms with van der Waals surface area (Å²) in [6, 6.07) is 2.61. The minimum absolute atomic E-state index is 0.386. The third-order valence-corrected chi connectivity index (χ3v) is 1.62. The summed E-state index contributed by atoms with van der Waals surface area (Å²) in [7, 11) is 0. The van der Waals surface area contributed by atoms with E-state index in [1.165, 1.54) is 0 Å². The Labute approximate surface area is 73.8 Å². The average molecular weight is 170 g/mol. The minimum atomic E-state index is 0.386. The van der Waals surface area contributed by atoms with Crippen LogP contribution in [0.3, 0.4) is 0 Å². The highest BCUT2D eigenvalue weighted by Gasteiger charge is 2.01. The van der Waals surface area contributed by atoms with Crippen LogP contribution in [-0.2, 0) is 0 Å². The molecule has 0 aliphatic heterocycles. The lowest BCUT2D eigenvalue weighted by Gasteiger charge is -2.07. The monoisotopic (exact) mass is 170 g/mol. The zero-order valence-electron chi connectivity index (χ0n) is 7.66. The molecule has 0 aromatic rings. The van der Waals surface area contributed by atoms with Crippen LogP contribution in [0, 0.1) is 5.92 Å². The molecule has 12 heavy (non-hydrogen) atoms. The van der Waals surface area contributed by atoms with Gasteiger partial charge in [0.25, 0.3) is 0 Å². The fourth-order valence-electron chi connectivity index (χ4n) is 0.750. The topological polar surface area (TPSA) is 76.8 Å². The van der Waals surface area contributed by atoms with Crippen LogP contribution in [0.1, 0.15) is 13.3 Å². The van der Waals surface area contributed by atoms with Gasteiger partial charge in [-0.1, -0.05) is 0 Å². The van der Waals surface area contributed by atoms with Crippen LogP contribution in [0.5, 0.6) is 0 Å². The van der Waals surface area contributed by atoms with Crippen molar-refractivity contribution in [2.75, 3.05) is 26.2 Å². The van der Waals surface area contributed by atoms with Gasteiger partial charge in [-0.3, -0.25) is 0 Å². The first-order valence-electron chi connectivity index (χ1n) is 4.33. The van der Waals surface area contributed by atoms with Gasteiger partial charge in [0.2, 0.25) is 0 Å². The van der Waals surface area contributed by atoms with E-state index in [4.69, 9.17) is 11.5 Å².